The van der Waals surface area contributed by atoms with Gasteiger partial charge < -0.3 is 16.0 Å². The molecule has 2 aliphatic rings. The zero-order chi connectivity index (χ0) is 13.4. The summed E-state index contributed by atoms with van der Waals surface area (Å²) in [5, 5.41) is 3.00. The quantitative estimate of drug-likeness (QED) is 0.844. The van der Waals surface area contributed by atoms with Crippen molar-refractivity contribution in [2.75, 3.05) is 18.0 Å². The van der Waals surface area contributed by atoms with Crippen LogP contribution in [0.4, 0.5) is 5.69 Å². The normalized spacial score (nSPS) is 27.9. The highest BCUT2D eigenvalue weighted by molar-refractivity contribution is 5.83. The van der Waals surface area contributed by atoms with Crippen molar-refractivity contribution in [2.45, 2.75) is 31.8 Å². The number of rotatable bonds is 2. The summed E-state index contributed by atoms with van der Waals surface area (Å²) >= 11 is 0. The predicted molar refractivity (Wildman–Crippen MR) is 75.9 cm³/mol. The van der Waals surface area contributed by atoms with Crippen molar-refractivity contribution in [1.29, 1.82) is 0 Å². The first-order chi connectivity index (χ1) is 9.18. The van der Waals surface area contributed by atoms with Crippen molar-refractivity contribution < 1.29 is 4.79 Å². The summed E-state index contributed by atoms with van der Waals surface area (Å²) in [5.74, 6) is 0.364. The van der Waals surface area contributed by atoms with E-state index in [0.29, 0.717) is 6.04 Å². The monoisotopic (exact) mass is 259 g/mol. The van der Waals surface area contributed by atoms with E-state index in [-0.39, 0.29) is 17.9 Å². The lowest BCUT2D eigenvalue weighted by atomic mass is 9.90. The second kappa shape index (κ2) is 4.85. The summed E-state index contributed by atoms with van der Waals surface area (Å²) in [5.41, 5.74) is 8.44. The molecule has 0 radical (unpaired) electrons. The van der Waals surface area contributed by atoms with Crippen LogP contribution < -0.4 is 16.0 Å². The number of hydrogen-bond donors (Lipinski definition) is 2. The fourth-order valence-corrected chi connectivity index (χ4v) is 3.38. The zero-order valence-electron chi connectivity index (χ0n) is 11.3. The fraction of sp³-hybridized carbons (Fsp3) is 0.533. The third-order valence-corrected chi connectivity index (χ3v) is 4.34. The van der Waals surface area contributed by atoms with Crippen molar-refractivity contribution in [3.05, 3.63) is 29.8 Å². The van der Waals surface area contributed by atoms with E-state index in [0.717, 1.165) is 25.9 Å². The lowest BCUT2D eigenvalue weighted by Crippen LogP contribution is -2.46. The van der Waals surface area contributed by atoms with E-state index in [1.807, 2.05) is 13.0 Å². The molecule has 19 heavy (non-hydrogen) atoms. The average molecular weight is 259 g/mol. The Bertz CT molecular complexity index is 486. The topological polar surface area (TPSA) is 58.4 Å². The van der Waals surface area contributed by atoms with Crippen LogP contribution in [0, 0.1) is 5.92 Å². The minimum atomic E-state index is 0.0154. The van der Waals surface area contributed by atoms with Gasteiger partial charge in [0.15, 0.2) is 0 Å². The molecule has 2 saturated heterocycles. The molecule has 4 heteroatoms. The molecule has 0 aromatic heterocycles. The predicted octanol–water partition coefficient (Wildman–Crippen LogP) is 1.42. The molecule has 1 aromatic rings. The van der Waals surface area contributed by atoms with Gasteiger partial charge in [0.05, 0.1) is 12.0 Å². The highest BCUT2D eigenvalue weighted by Crippen LogP contribution is 2.34. The van der Waals surface area contributed by atoms with E-state index in [4.69, 9.17) is 5.73 Å². The second-order valence-corrected chi connectivity index (χ2v) is 5.60. The van der Waals surface area contributed by atoms with Crippen LogP contribution in [0.2, 0.25) is 0 Å². The van der Waals surface area contributed by atoms with Crippen LogP contribution >= 0.6 is 0 Å². The van der Waals surface area contributed by atoms with Crippen LogP contribution in [-0.2, 0) is 4.79 Å². The fourth-order valence-electron chi connectivity index (χ4n) is 3.38. The van der Waals surface area contributed by atoms with Crippen LogP contribution in [-0.4, -0.2) is 25.0 Å². The molecule has 4 nitrogen and oxygen atoms in total. The number of piperidine rings is 1. The number of nitrogens with two attached hydrogens (primary N) is 1. The van der Waals surface area contributed by atoms with E-state index in [1.165, 1.54) is 11.3 Å². The Morgan fingerprint density at radius 1 is 1.42 bits per heavy atom. The summed E-state index contributed by atoms with van der Waals surface area (Å²) in [6.07, 6.45) is 2.08. The summed E-state index contributed by atoms with van der Waals surface area (Å²) in [6.45, 7) is 3.79. The highest BCUT2D eigenvalue weighted by atomic mass is 16.2. The number of anilines is 1. The largest absolute Gasteiger partial charge is 0.366 e. The molecule has 1 amide bonds. The van der Waals surface area contributed by atoms with Crippen LogP contribution in [0.3, 0.4) is 0 Å². The van der Waals surface area contributed by atoms with Crippen molar-refractivity contribution in [3.63, 3.8) is 0 Å². The number of carbonyl (C=O) groups is 1. The maximum absolute atomic E-state index is 11.8. The first-order valence-electron chi connectivity index (χ1n) is 7.07. The maximum atomic E-state index is 11.8. The van der Waals surface area contributed by atoms with Crippen LogP contribution in [0.5, 0.6) is 0 Å². The van der Waals surface area contributed by atoms with Gasteiger partial charge in [0.25, 0.3) is 0 Å². The van der Waals surface area contributed by atoms with Crippen LogP contribution in [0.1, 0.15) is 31.4 Å². The summed E-state index contributed by atoms with van der Waals surface area (Å²) < 4.78 is 0. The number of para-hydroxylation sites is 1. The molecule has 0 bridgehead atoms. The first kappa shape index (κ1) is 12.5. The molecule has 2 aliphatic heterocycles. The van der Waals surface area contributed by atoms with E-state index < -0.39 is 0 Å². The Morgan fingerprint density at radius 2 is 2.21 bits per heavy atom. The van der Waals surface area contributed by atoms with E-state index in [1.54, 1.807) is 0 Å². The number of fused-ring (bicyclic) bond motifs is 1. The average Bonchev–Trinajstić information content (AvgIpc) is 2.81. The molecule has 0 spiro atoms. The molecule has 2 heterocycles. The van der Waals surface area contributed by atoms with Gasteiger partial charge >= 0.3 is 0 Å². The second-order valence-electron chi connectivity index (χ2n) is 5.60. The molecule has 1 aromatic carbocycles. The number of amides is 1. The van der Waals surface area contributed by atoms with Gasteiger partial charge in [-0.25, -0.2) is 0 Å². The number of nitrogens with one attached hydrogen (secondary N) is 1. The van der Waals surface area contributed by atoms with E-state index >= 15 is 0 Å². The Balaban J connectivity index is 1.95. The number of benzene rings is 1. The molecule has 0 saturated carbocycles. The van der Waals surface area contributed by atoms with Crippen molar-refractivity contribution >= 4 is 11.6 Å². The van der Waals surface area contributed by atoms with E-state index in [9.17, 15) is 4.79 Å². The molecule has 2 fully saturated rings. The Kier molecular flexibility index (Phi) is 3.19. The molecule has 3 unspecified atom stereocenters. The molecular formula is C15H21N3O. The SMILES string of the molecule is CC(N)c1ccccc1N1CCCC2C(=O)NCC21. The zero-order valence-corrected chi connectivity index (χ0v) is 11.3. The molecule has 3 N–H and O–H groups in total. The lowest BCUT2D eigenvalue weighted by Gasteiger charge is -2.39. The maximum Gasteiger partial charge on any atom is 0.225 e. The van der Waals surface area contributed by atoms with Crippen molar-refractivity contribution in [2.24, 2.45) is 11.7 Å². The van der Waals surface area contributed by atoms with Gasteiger partial charge in [-0.15, -0.1) is 0 Å². The van der Waals surface area contributed by atoms with Gasteiger partial charge in [-0.05, 0) is 31.4 Å². The lowest BCUT2D eigenvalue weighted by molar-refractivity contribution is -0.122. The van der Waals surface area contributed by atoms with Crippen LogP contribution in [0.15, 0.2) is 24.3 Å². The van der Waals surface area contributed by atoms with Gasteiger partial charge in [0.1, 0.15) is 0 Å². The third kappa shape index (κ3) is 2.10. The number of carbonyl (C=O) groups excluding carboxylic acids is 1. The number of hydrogen-bond acceptors (Lipinski definition) is 3. The van der Waals surface area contributed by atoms with Gasteiger partial charge in [-0.3, -0.25) is 4.79 Å². The summed E-state index contributed by atoms with van der Waals surface area (Å²) in [4.78, 5) is 14.2. The Morgan fingerprint density at radius 3 is 3.00 bits per heavy atom. The minimum absolute atomic E-state index is 0.0154. The van der Waals surface area contributed by atoms with Crippen molar-refractivity contribution in [1.82, 2.24) is 5.32 Å². The summed E-state index contributed by atoms with van der Waals surface area (Å²) in [7, 11) is 0. The Hall–Kier alpha value is -1.55. The van der Waals surface area contributed by atoms with Crippen LogP contribution in [0.25, 0.3) is 0 Å². The number of nitrogens with zero attached hydrogens (tertiary/aromatic N) is 1. The smallest absolute Gasteiger partial charge is 0.225 e. The standard InChI is InChI=1S/C15H21N3O/c1-10(16)11-5-2-3-7-13(11)18-8-4-6-12-14(18)9-17-15(12)19/h2-3,5,7,10,12,14H,4,6,8-9,16H2,1H3,(H,17,19). The molecular weight excluding hydrogens is 238 g/mol. The van der Waals surface area contributed by atoms with Gasteiger partial charge in [0.2, 0.25) is 5.91 Å². The minimum Gasteiger partial charge on any atom is -0.366 e. The molecule has 3 atom stereocenters. The van der Waals surface area contributed by atoms with Crippen molar-refractivity contribution in [3.8, 4) is 0 Å². The van der Waals surface area contributed by atoms with Gasteiger partial charge in [-0.2, -0.15) is 0 Å². The molecule has 102 valence electrons. The molecule has 0 aliphatic carbocycles. The Labute approximate surface area is 114 Å². The van der Waals surface area contributed by atoms with Gasteiger partial charge in [0, 0.05) is 24.8 Å². The van der Waals surface area contributed by atoms with Gasteiger partial charge in [-0.1, -0.05) is 18.2 Å². The highest BCUT2D eigenvalue weighted by Gasteiger charge is 2.41. The van der Waals surface area contributed by atoms with E-state index in [2.05, 4.69) is 28.4 Å². The summed E-state index contributed by atoms with van der Waals surface area (Å²) in [6, 6.07) is 8.61. The third-order valence-electron chi connectivity index (χ3n) is 4.34. The molecule has 3 rings (SSSR count). The first-order valence-corrected chi connectivity index (χ1v) is 7.07.